The van der Waals surface area contributed by atoms with E-state index in [9.17, 15) is 14.9 Å². The fourth-order valence-corrected chi connectivity index (χ4v) is 2.89. The molecule has 0 fully saturated rings. The van der Waals surface area contributed by atoms with Crippen molar-refractivity contribution in [2.75, 3.05) is 12.4 Å². The number of benzene rings is 1. The first-order valence-electron chi connectivity index (χ1n) is 7.88. The molecule has 140 valence electrons. The van der Waals surface area contributed by atoms with Crippen molar-refractivity contribution in [2.45, 2.75) is 37.7 Å². The molecule has 1 atom stereocenters. The van der Waals surface area contributed by atoms with Crippen LogP contribution in [0.15, 0.2) is 23.4 Å². The van der Waals surface area contributed by atoms with Gasteiger partial charge >= 0.3 is 0 Å². The van der Waals surface area contributed by atoms with Crippen LogP contribution in [0, 0.1) is 16.0 Å². The van der Waals surface area contributed by atoms with Crippen LogP contribution in [0.3, 0.4) is 0 Å². The van der Waals surface area contributed by atoms with Gasteiger partial charge < -0.3 is 10.1 Å². The molecule has 1 unspecified atom stereocenters. The maximum Gasteiger partial charge on any atom is 0.271 e. The second-order valence-electron chi connectivity index (χ2n) is 5.93. The number of rotatable bonds is 8. The first-order valence-corrected chi connectivity index (χ1v) is 8.76. The second-order valence-corrected chi connectivity index (χ2v) is 7.24. The number of nitro benzene ring substituents is 1. The number of nitro groups is 1. The molecule has 11 heteroatoms. The third kappa shape index (κ3) is 4.91. The molecule has 0 spiro atoms. The van der Waals surface area contributed by atoms with Gasteiger partial charge in [0.1, 0.15) is 5.75 Å². The second kappa shape index (κ2) is 8.61. The summed E-state index contributed by atoms with van der Waals surface area (Å²) in [7, 11) is 1.43. The van der Waals surface area contributed by atoms with E-state index in [-0.39, 0.29) is 17.3 Å². The van der Waals surface area contributed by atoms with Gasteiger partial charge in [0.05, 0.1) is 23.0 Å². The van der Waals surface area contributed by atoms with Crippen molar-refractivity contribution in [1.82, 2.24) is 20.2 Å². The van der Waals surface area contributed by atoms with Crippen molar-refractivity contribution >= 4 is 29.0 Å². The number of thioether (sulfide) groups is 1. The number of anilines is 1. The van der Waals surface area contributed by atoms with Gasteiger partial charge in [0.2, 0.25) is 11.1 Å². The van der Waals surface area contributed by atoms with E-state index in [1.807, 2.05) is 13.8 Å². The zero-order valence-corrected chi connectivity index (χ0v) is 15.7. The van der Waals surface area contributed by atoms with Gasteiger partial charge in [-0.15, -0.1) is 5.10 Å². The Hall–Kier alpha value is -2.69. The Morgan fingerprint density at radius 3 is 2.77 bits per heavy atom. The average molecular weight is 380 g/mol. The molecule has 0 bridgehead atoms. The molecule has 0 saturated carbocycles. The molecule has 0 radical (unpaired) electrons. The van der Waals surface area contributed by atoms with Gasteiger partial charge in [-0.3, -0.25) is 14.9 Å². The first kappa shape index (κ1) is 19.6. The first-order chi connectivity index (χ1) is 12.3. The maximum atomic E-state index is 12.5. The quantitative estimate of drug-likeness (QED) is 0.420. The number of hydrogen-bond donors (Lipinski definition) is 1. The number of hydrogen-bond acceptors (Lipinski definition) is 8. The normalized spacial score (nSPS) is 12.0. The summed E-state index contributed by atoms with van der Waals surface area (Å²) in [4.78, 5) is 22.9. The number of nitrogens with zero attached hydrogens (tertiary/aromatic N) is 5. The summed E-state index contributed by atoms with van der Waals surface area (Å²) >= 11 is 1.21. The summed E-state index contributed by atoms with van der Waals surface area (Å²) < 4.78 is 6.79. The fourth-order valence-electron chi connectivity index (χ4n) is 2.09. The van der Waals surface area contributed by atoms with Crippen LogP contribution >= 0.6 is 11.8 Å². The highest BCUT2D eigenvalue weighted by atomic mass is 32.2. The number of amides is 1. The van der Waals surface area contributed by atoms with Crippen LogP contribution in [-0.2, 0) is 11.3 Å². The SMILES string of the molecule is COc1ccc([N+](=O)[O-])cc1NC(=O)C(C)Sc1nnnn1CC(C)C. The lowest BCUT2D eigenvalue weighted by molar-refractivity contribution is -0.384. The van der Waals surface area contributed by atoms with Crippen LogP contribution in [0.5, 0.6) is 5.75 Å². The van der Waals surface area contributed by atoms with Gasteiger partial charge in [-0.05, 0) is 29.3 Å². The Balaban J connectivity index is 2.11. The predicted octanol–water partition coefficient (Wildman–Crippen LogP) is 2.37. The Labute approximate surface area is 154 Å². The van der Waals surface area contributed by atoms with Crippen LogP contribution in [0.2, 0.25) is 0 Å². The van der Waals surface area contributed by atoms with Crippen molar-refractivity contribution in [3.63, 3.8) is 0 Å². The number of methoxy groups -OCH3 is 1. The molecule has 0 aliphatic heterocycles. The monoisotopic (exact) mass is 380 g/mol. The smallest absolute Gasteiger partial charge is 0.271 e. The summed E-state index contributed by atoms with van der Waals surface area (Å²) in [6.45, 7) is 6.43. The molecular weight excluding hydrogens is 360 g/mol. The Bertz CT molecular complexity index is 794. The topological polar surface area (TPSA) is 125 Å². The number of tetrazole rings is 1. The maximum absolute atomic E-state index is 12.5. The number of non-ortho nitro benzene ring substituents is 1. The van der Waals surface area contributed by atoms with E-state index in [2.05, 4.69) is 20.8 Å². The lowest BCUT2D eigenvalue weighted by Crippen LogP contribution is -2.23. The average Bonchev–Trinajstić information content (AvgIpc) is 3.00. The summed E-state index contributed by atoms with van der Waals surface area (Å²) in [6, 6.07) is 4.01. The molecule has 0 saturated heterocycles. The summed E-state index contributed by atoms with van der Waals surface area (Å²) in [6.07, 6.45) is 0. The van der Waals surface area contributed by atoms with E-state index < -0.39 is 10.2 Å². The highest BCUT2D eigenvalue weighted by molar-refractivity contribution is 8.00. The van der Waals surface area contributed by atoms with Crippen molar-refractivity contribution < 1.29 is 14.5 Å². The van der Waals surface area contributed by atoms with Crippen LogP contribution < -0.4 is 10.1 Å². The minimum Gasteiger partial charge on any atom is -0.495 e. The molecule has 10 nitrogen and oxygen atoms in total. The van der Waals surface area contributed by atoms with Gasteiger partial charge in [-0.25, -0.2) is 4.68 Å². The highest BCUT2D eigenvalue weighted by Gasteiger charge is 2.21. The lowest BCUT2D eigenvalue weighted by atomic mass is 10.2. The molecule has 1 aromatic heterocycles. The minimum atomic E-state index is -0.534. The van der Waals surface area contributed by atoms with E-state index in [1.165, 1.54) is 37.1 Å². The number of carbonyl (C=O) groups excluding carboxylic acids is 1. The van der Waals surface area contributed by atoms with Gasteiger partial charge in [0.25, 0.3) is 5.69 Å². The Kier molecular flexibility index (Phi) is 6.50. The van der Waals surface area contributed by atoms with Crippen molar-refractivity contribution in [1.29, 1.82) is 0 Å². The van der Waals surface area contributed by atoms with E-state index >= 15 is 0 Å². The summed E-state index contributed by atoms with van der Waals surface area (Å²) in [5.41, 5.74) is 0.100. The molecular formula is C15H20N6O4S. The van der Waals surface area contributed by atoms with Crippen molar-refractivity contribution in [2.24, 2.45) is 5.92 Å². The largest absolute Gasteiger partial charge is 0.495 e. The molecule has 0 aliphatic rings. The Morgan fingerprint density at radius 2 is 2.15 bits per heavy atom. The van der Waals surface area contributed by atoms with E-state index in [4.69, 9.17) is 4.74 Å². The van der Waals surface area contributed by atoms with Crippen LogP contribution in [0.1, 0.15) is 20.8 Å². The molecule has 1 N–H and O–H groups in total. The number of aromatic nitrogens is 4. The standard InChI is InChI=1S/C15H20N6O4S/c1-9(2)8-20-15(17-18-19-20)26-10(3)14(22)16-12-7-11(21(23)24)5-6-13(12)25-4/h5-7,9-10H,8H2,1-4H3,(H,16,22). The van der Waals surface area contributed by atoms with E-state index in [0.29, 0.717) is 23.4 Å². The summed E-state index contributed by atoms with van der Waals surface area (Å²) in [5, 5.41) is 25.1. The van der Waals surface area contributed by atoms with Crippen LogP contribution in [-0.4, -0.2) is 43.4 Å². The zero-order valence-electron chi connectivity index (χ0n) is 14.9. The van der Waals surface area contributed by atoms with Gasteiger partial charge in [-0.1, -0.05) is 25.6 Å². The molecule has 0 aliphatic carbocycles. The molecule has 1 amide bonds. The van der Waals surface area contributed by atoms with Crippen LogP contribution in [0.25, 0.3) is 0 Å². The third-order valence-electron chi connectivity index (χ3n) is 3.34. The van der Waals surface area contributed by atoms with Crippen molar-refractivity contribution in [3.05, 3.63) is 28.3 Å². The lowest BCUT2D eigenvalue weighted by Gasteiger charge is -2.14. The van der Waals surface area contributed by atoms with Crippen LogP contribution in [0.4, 0.5) is 11.4 Å². The predicted molar refractivity (Wildman–Crippen MR) is 96.3 cm³/mol. The molecule has 2 rings (SSSR count). The van der Waals surface area contributed by atoms with E-state index in [1.54, 1.807) is 11.6 Å². The zero-order chi connectivity index (χ0) is 19.3. The fraction of sp³-hybridized carbons (Fsp3) is 0.467. The Morgan fingerprint density at radius 1 is 1.42 bits per heavy atom. The van der Waals surface area contributed by atoms with Crippen molar-refractivity contribution in [3.8, 4) is 5.75 Å². The number of nitrogens with one attached hydrogen (secondary N) is 1. The highest BCUT2D eigenvalue weighted by Crippen LogP contribution is 2.30. The number of ether oxygens (including phenoxy) is 1. The van der Waals surface area contributed by atoms with Gasteiger partial charge in [0, 0.05) is 18.7 Å². The van der Waals surface area contributed by atoms with E-state index in [0.717, 1.165) is 0 Å². The van der Waals surface area contributed by atoms with Gasteiger partial charge in [-0.2, -0.15) is 0 Å². The molecule has 1 heterocycles. The molecule has 2 aromatic rings. The third-order valence-corrected chi connectivity index (χ3v) is 4.41. The molecule has 26 heavy (non-hydrogen) atoms. The summed E-state index contributed by atoms with van der Waals surface area (Å²) in [5.74, 6) is 0.356. The number of carbonyl (C=O) groups is 1. The van der Waals surface area contributed by atoms with Gasteiger partial charge in [0.15, 0.2) is 0 Å². The molecule has 1 aromatic carbocycles. The minimum absolute atomic E-state index is 0.137.